The van der Waals surface area contributed by atoms with Crippen molar-refractivity contribution in [1.29, 1.82) is 0 Å². The third kappa shape index (κ3) is 5.04. The van der Waals surface area contributed by atoms with Gasteiger partial charge in [-0.3, -0.25) is 9.59 Å². The van der Waals surface area contributed by atoms with Crippen molar-refractivity contribution in [3.8, 4) is 0 Å². The standard InChI is InChI=1S/C17H25N3O3/c1-3-18-13(2)9-19-17(22)15-11-23-12-16(21)20(15)10-14-7-5-4-6-8-14/h4-8,13,15,18H,3,9-12H2,1-2H3,(H,19,22)/t13-,15-/m1/s1. The second kappa shape index (κ2) is 8.64. The first-order valence-electron chi connectivity index (χ1n) is 8.04. The molecule has 2 N–H and O–H groups in total. The van der Waals surface area contributed by atoms with E-state index in [1.165, 1.54) is 0 Å². The molecule has 0 bridgehead atoms. The first-order chi connectivity index (χ1) is 11.1. The van der Waals surface area contributed by atoms with Crippen molar-refractivity contribution in [3.63, 3.8) is 0 Å². The van der Waals surface area contributed by atoms with Crippen LogP contribution in [0.4, 0.5) is 0 Å². The van der Waals surface area contributed by atoms with E-state index < -0.39 is 6.04 Å². The molecular formula is C17H25N3O3. The zero-order valence-electron chi connectivity index (χ0n) is 13.7. The van der Waals surface area contributed by atoms with Gasteiger partial charge in [0.15, 0.2) is 0 Å². The quantitative estimate of drug-likeness (QED) is 0.769. The van der Waals surface area contributed by atoms with E-state index in [1.54, 1.807) is 4.90 Å². The Hall–Kier alpha value is -1.92. The summed E-state index contributed by atoms with van der Waals surface area (Å²) in [6.45, 7) is 6.09. The summed E-state index contributed by atoms with van der Waals surface area (Å²) in [6, 6.07) is 9.28. The number of hydrogen-bond acceptors (Lipinski definition) is 4. The van der Waals surface area contributed by atoms with Crippen LogP contribution in [0.25, 0.3) is 0 Å². The highest BCUT2D eigenvalue weighted by atomic mass is 16.5. The number of rotatable bonds is 7. The Labute approximate surface area is 137 Å². The molecule has 6 heteroatoms. The summed E-state index contributed by atoms with van der Waals surface area (Å²) in [6.07, 6.45) is 0. The average molecular weight is 319 g/mol. The highest BCUT2D eigenvalue weighted by Gasteiger charge is 2.33. The van der Waals surface area contributed by atoms with E-state index in [-0.39, 0.29) is 31.1 Å². The fraction of sp³-hybridized carbons (Fsp3) is 0.529. The number of nitrogens with zero attached hydrogens (tertiary/aromatic N) is 1. The maximum Gasteiger partial charge on any atom is 0.249 e. The number of ether oxygens (including phenoxy) is 1. The van der Waals surface area contributed by atoms with E-state index in [9.17, 15) is 9.59 Å². The largest absolute Gasteiger partial charge is 0.369 e. The average Bonchev–Trinajstić information content (AvgIpc) is 2.56. The number of morpholine rings is 1. The summed E-state index contributed by atoms with van der Waals surface area (Å²) in [5.74, 6) is -0.321. The molecule has 2 rings (SSSR count). The molecule has 1 heterocycles. The van der Waals surface area contributed by atoms with E-state index in [1.807, 2.05) is 44.2 Å². The van der Waals surface area contributed by atoms with Crippen LogP contribution in [0.2, 0.25) is 0 Å². The zero-order valence-corrected chi connectivity index (χ0v) is 13.7. The molecule has 0 aliphatic carbocycles. The molecule has 1 saturated heterocycles. The molecule has 2 amide bonds. The number of amides is 2. The van der Waals surface area contributed by atoms with Gasteiger partial charge in [-0.15, -0.1) is 0 Å². The second-order valence-electron chi connectivity index (χ2n) is 5.74. The minimum absolute atomic E-state index is 0.0321. The van der Waals surface area contributed by atoms with Crippen LogP contribution >= 0.6 is 0 Å². The van der Waals surface area contributed by atoms with E-state index in [0.717, 1.165) is 12.1 Å². The molecule has 1 aliphatic rings. The molecule has 0 aromatic heterocycles. The van der Waals surface area contributed by atoms with Gasteiger partial charge in [-0.05, 0) is 19.0 Å². The van der Waals surface area contributed by atoms with Crippen LogP contribution in [0.3, 0.4) is 0 Å². The predicted octanol–water partition coefficient (Wildman–Crippen LogP) is 0.528. The Kier molecular flexibility index (Phi) is 6.55. The van der Waals surface area contributed by atoms with Gasteiger partial charge in [0, 0.05) is 19.1 Å². The van der Waals surface area contributed by atoms with Gasteiger partial charge < -0.3 is 20.3 Å². The van der Waals surface area contributed by atoms with Gasteiger partial charge in [-0.25, -0.2) is 0 Å². The van der Waals surface area contributed by atoms with E-state index in [0.29, 0.717) is 13.1 Å². The molecule has 0 saturated carbocycles. The van der Waals surface area contributed by atoms with Crippen LogP contribution in [0.1, 0.15) is 19.4 Å². The van der Waals surface area contributed by atoms with E-state index >= 15 is 0 Å². The molecule has 0 radical (unpaired) electrons. The van der Waals surface area contributed by atoms with Crippen molar-refractivity contribution in [2.45, 2.75) is 32.5 Å². The normalized spacial score (nSPS) is 19.5. The smallest absolute Gasteiger partial charge is 0.249 e. The molecular weight excluding hydrogens is 294 g/mol. The van der Waals surface area contributed by atoms with Crippen LogP contribution in [0, 0.1) is 0 Å². The Morgan fingerprint density at radius 2 is 2.13 bits per heavy atom. The molecule has 0 spiro atoms. The van der Waals surface area contributed by atoms with E-state index in [4.69, 9.17) is 4.74 Å². The highest BCUT2D eigenvalue weighted by molar-refractivity contribution is 5.89. The van der Waals surface area contributed by atoms with Crippen molar-refractivity contribution < 1.29 is 14.3 Å². The van der Waals surface area contributed by atoms with E-state index in [2.05, 4.69) is 10.6 Å². The fourth-order valence-electron chi connectivity index (χ4n) is 2.59. The molecule has 6 nitrogen and oxygen atoms in total. The topological polar surface area (TPSA) is 70.7 Å². The predicted molar refractivity (Wildman–Crippen MR) is 87.7 cm³/mol. The lowest BCUT2D eigenvalue weighted by atomic mass is 10.1. The van der Waals surface area contributed by atoms with Gasteiger partial charge in [0.2, 0.25) is 11.8 Å². The van der Waals surface area contributed by atoms with Crippen molar-refractivity contribution in [2.24, 2.45) is 0 Å². The minimum Gasteiger partial charge on any atom is -0.369 e. The molecule has 1 aliphatic heterocycles. The van der Waals surface area contributed by atoms with Gasteiger partial charge >= 0.3 is 0 Å². The van der Waals surface area contributed by atoms with Crippen molar-refractivity contribution in [2.75, 3.05) is 26.3 Å². The monoisotopic (exact) mass is 319 g/mol. The Morgan fingerprint density at radius 3 is 2.83 bits per heavy atom. The van der Waals surface area contributed by atoms with Gasteiger partial charge in [0.25, 0.3) is 0 Å². The lowest BCUT2D eigenvalue weighted by Crippen LogP contribution is -2.56. The first-order valence-corrected chi connectivity index (χ1v) is 8.04. The van der Waals surface area contributed by atoms with Crippen molar-refractivity contribution in [1.82, 2.24) is 15.5 Å². The lowest BCUT2D eigenvalue weighted by molar-refractivity contribution is -0.155. The summed E-state index contributed by atoms with van der Waals surface area (Å²) in [5, 5.41) is 6.14. The molecule has 126 valence electrons. The SMILES string of the molecule is CCN[C@H](C)CNC(=O)[C@H]1COCC(=O)N1Cc1ccccc1. The highest BCUT2D eigenvalue weighted by Crippen LogP contribution is 2.13. The van der Waals surface area contributed by atoms with Crippen LogP contribution in [-0.2, 0) is 20.9 Å². The second-order valence-corrected chi connectivity index (χ2v) is 5.74. The van der Waals surface area contributed by atoms with Gasteiger partial charge in [-0.2, -0.15) is 0 Å². The molecule has 1 aromatic rings. The van der Waals surface area contributed by atoms with Crippen molar-refractivity contribution >= 4 is 11.8 Å². The minimum atomic E-state index is -0.578. The van der Waals surface area contributed by atoms with Gasteiger partial charge in [0.1, 0.15) is 12.6 Å². The maximum absolute atomic E-state index is 12.4. The lowest BCUT2D eigenvalue weighted by Gasteiger charge is -2.34. The molecule has 23 heavy (non-hydrogen) atoms. The van der Waals surface area contributed by atoms with Crippen LogP contribution in [0.15, 0.2) is 30.3 Å². The summed E-state index contributed by atoms with van der Waals surface area (Å²) in [4.78, 5) is 26.2. The number of hydrogen-bond donors (Lipinski definition) is 2. The Bertz CT molecular complexity index is 521. The Balaban J connectivity index is 1.99. The maximum atomic E-state index is 12.4. The third-order valence-electron chi connectivity index (χ3n) is 3.83. The summed E-state index contributed by atoms with van der Waals surface area (Å²) >= 11 is 0. The van der Waals surface area contributed by atoms with Gasteiger partial charge in [-0.1, -0.05) is 37.3 Å². The number of likely N-dealkylation sites (N-methyl/N-ethyl adjacent to an activating group) is 1. The Morgan fingerprint density at radius 1 is 1.39 bits per heavy atom. The number of carbonyl (C=O) groups excluding carboxylic acids is 2. The molecule has 0 unspecified atom stereocenters. The number of carbonyl (C=O) groups is 2. The van der Waals surface area contributed by atoms with Crippen LogP contribution in [0.5, 0.6) is 0 Å². The zero-order chi connectivity index (χ0) is 16.7. The molecule has 2 atom stereocenters. The molecule has 1 fully saturated rings. The molecule has 1 aromatic carbocycles. The third-order valence-corrected chi connectivity index (χ3v) is 3.83. The summed E-state index contributed by atoms with van der Waals surface area (Å²) in [5.41, 5.74) is 1.00. The summed E-state index contributed by atoms with van der Waals surface area (Å²) < 4.78 is 5.27. The van der Waals surface area contributed by atoms with Crippen LogP contribution in [-0.4, -0.2) is 55.1 Å². The van der Waals surface area contributed by atoms with Gasteiger partial charge in [0.05, 0.1) is 6.61 Å². The fourth-order valence-corrected chi connectivity index (χ4v) is 2.59. The number of benzene rings is 1. The first kappa shape index (κ1) is 17.4. The number of nitrogens with one attached hydrogen (secondary N) is 2. The summed E-state index contributed by atoms with van der Waals surface area (Å²) in [7, 11) is 0. The van der Waals surface area contributed by atoms with Crippen molar-refractivity contribution in [3.05, 3.63) is 35.9 Å². The van der Waals surface area contributed by atoms with Crippen LogP contribution < -0.4 is 10.6 Å².